The van der Waals surface area contributed by atoms with Crippen LogP contribution >= 0.6 is 0 Å². The third-order valence-electron chi connectivity index (χ3n) is 4.65. The Balaban J connectivity index is 1.44. The zero-order valence-corrected chi connectivity index (χ0v) is 16.8. The summed E-state index contributed by atoms with van der Waals surface area (Å²) >= 11 is 0. The molecule has 2 aromatic carbocycles. The van der Waals surface area contributed by atoms with Crippen LogP contribution in [0, 0.1) is 6.92 Å². The van der Waals surface area contributed by atoms with E-state index in [2.05, 4.69) is 15.3 Å². The van der Waals surface area contributed by atoms with E-state index < -0.39 is 0 Å². The van der Waals surface area contributed by atoms with E-state index in [0.29, 0.717) is 36.0 Å². The van der Waals surface area contributed by atoms with Gasteiger partial charge < -0.3 is 19.2 Å². The molecular formula is C23H22N4O3. The predicted octanol–water partition coefficient (Wildman–Crippen LogP) is 3.52. The van der Waals surface area contributed by atoms with Crippen LogP contribution in [0.15, 0.2) is 67.1 Å². The Morgan fingerprint density at radius 3 is 2.63 bits per heavy atom. The van der Waals surface area contributed by atoms with Crippen molar-refractivity contribution in [3.8, 4) is 22.8 Å². The summed E-state index contributed by atoms with van der Waals surface area (Å²) in [5, 5.41) is 2.83. The minimum Gasteiger partial charge on any atom is -0.493 e. The average molecular weight is 402 g/mol. The van der Waals surface area contributed by atoms with Gasteiger partial charge in [0.2, 0.25) is 0 Å². The highest BCUT2D eigenvalue weighted by molar-refractivity contribution is 5.93. The molecule has 4 aromatic rings. The van der Waals surface area contributed by atoms with E-state index in [9.17, 15) is 4.79 Å². The van der Waals surface area contributed by atoms with Crippen molar-refractivity contribution in [3.05, 3.63) is 78.4 Å². The van der Waals surface area contributed by atoms with Crippen molar-refractivity contribution in [1.29, 1.82) is 0 Å². The lowest BCUT2D eigenvalue weighted by atomic mass is 10.1. The summed E-state index contributed by atoms with van der Waals surface area (Å²) < 4.78 is 12.7. The number of para-hydroxylation sites is 2. The number of methoxy groups -OCH3 is 1. The Hall–Kier alpha value is -3.87. The fourth-order valence-corrected chi connectivity index (χ4v) is 3.10. The maximum Gasteiger partial charge on any atom is 0.271 e. The molecule has 7 heteroatoms. The second-order valence-electron chi connectivity index (χ2n) is 6.75. The number of aryl methyl sites for hydroxylation is 1. The van der Waals surface area contributed by atoms with Crippen molar-refractivity contribution in [2.45, 2.75) is 6.92 Å². The molecule has 0 unspecified atom stereocenters. The van der Waals surface area contributed by atoms with Crippen LogP contribution < -0.4 is 14.8 Å². The van der Waals surface area contributed by atoms with Crippen LogP contribution in [0.1, 0.15) is 16.1 Å². The normalized spacial score (nSPS) is 10.7. The number of nitrogens with zero attached hydrogens (tertiary/aromatic N) is 3. The molecule has 2 aromatic heterocycles. The standard InChI is InChI=1S/C23H22N4O3/c1-16-7-9-17(10-8-16)21-22-26-18(15-27(22)13-11-24-21)23(28)25-12-14-30-20-6-4-3-5-19(20)29-2/h3-11,13,15H,12,14H2,1-2H3,(H,25,28). The minimum absolute atomic E-state index is 0.266. The lowest BCUT2D eigenvalue weighted by Crippen LogP contribution is -2.28. The molecule has 30 heavy (non-hydrogen) atoms. The smallest absolute Gasteiger partial charge is 0.271 e. The summed E-state index contributed by atoms with van der Waals surface area (Å²) in [6, 6.07) is 15.4. The van der Waals surface area contributed by atoms with Crippen molar-refractivity contribution in [3.63, 3.8) is 0 Å². The summed E-state index contributed by atoms with van der Waals surface area (Å²) in [5.74, 6) is 1.02. The SMILES string of the molecule is COc1ccccc1OCCNC(=O)c1cn2ccnc(-c3ccc(C)cc3)c2n1. The molecule has 7 nitrogen and oxygen atoms in total. The fourth-order valence-electron chi connectivity index (χ4n) is 3.10. The first-order valence-electron chi connectivity index (χ1n) is 9.60. The van der Waals surface area contributed by atoms with Crippen molar-refractivity contribution >= 4 is 11.6 Å². The number of hydrogen-bond donors (Lipinski definition) is 1. The van der Waals surface area contributed by atoms with E-state index in [1.165, 1.54) is 5.56 Å². The number of imidazole rings is 1. The summed E-state index contributed by atoms with van der Waals surface area (Å²) in [4.78, 5) is 21.5. The highest BCUT2D eigenvalue weighted by Crippen LogP contribution is 2.25. The molecule has 0 aliphatic rings. The quantitative estimate of drug-likeness (QED) is 0.479. The first-order chi connectivity index (χ1) is 14.7. The van der Waals surface area contributed by atoms with Crippen LogP contribution in [0.2, 0.25) is 0 Å². The lowest BCUT2D eigenvalue weighted by molar-refractivity contribution is 0.0942. The van der Waals surface area contributed by atoms with Crippen LogP contribution in [0.3, 0.4) is 0 Å². The number of aromatic nitrogens is 3. The number of carbonyl (C=O) groups is 1. The molecule has 0 bridgehead atoms. The monoisotopic (exact) mass is 402 g/mol. The first kappa shape index (κ1) is 19.4. The highest BCUT2D eigenvalue weighted by atomic mass is 16.5. The van der Waals surface area contributed by atoms with Crippen molar-refractivity contribution < 1.29 is 14.3 Å². The number of rotatable bonds is 7. The average Bonchev–Trinajstić information content (AvgIpc) is 3.22. The van der Waals surface area contributed by atoms with Crippen LogP contribution in [0.5, 0.6) is 11.5 Å². The molecule has 0 saturated carbocycles. The zero-order valence-electron chi connectivity index (χ0n) is 16.8. The van der Waals surface area contributed by atoms with Crippen LogP contribution in [-0.2, 0) is 0 Å². The third kappa shape index (κ3) is 4.10. The maximum absolute atomic E-state index is 12.6. The van der Waals surface area contributed by atoms with Gasteiger partial charge in [-0.25, -0.2) is 4.98 Å². The molecule has 0 fully saturated rings. The number of nitrogens with one attached hydrogen (secondary N) is 1. The van der Waals surface area contributed by atoms with Crippen LogP contribution in [0.4, 0.5) is 0 Å². The van der Waals surface area contributed by atoms with Crippen LogP contribution in [-0.4, -0.2) is 40.5 Å². The number of fused-ring (bicyclic) bond motifs is 1. The molecule has 0 saturated heterocycles. The first-order valence-corrected chi connectivity index (χ1v) is 9.60. The van der Waals surface area contributed by atoms with Crippen molar-refractivity contribution in [2.24, 2.45) is 0 Å². The summed E-state index contributed by atoms with van der Waals surface area (Å²) in [5.41, 5.74) is 3.82. The molecule has 152 valence electrons. The number of benzene rings is 2. The van der Waals surface area contributed by atoms with Gasteiger partial charge in [-0.05, 0) is 19.1 Å². The van der Waals surface area contributed by atoms with Crippen molar-refractivity contribution in [1.82, 2.24) is 19.7 Å². The van der Waals surface area contributed by atoms with Gasteiger partial charge in [-0.1, -0.05) is 42.0 Å². The number of hydrogen-bond acceptors (Lipinski definition) is 5. The topological polar surface area (TPSA) is 77.8 Å². The van der Waals surface area contributed by atoms with Gasteiger partial charge in [0, 0.05) is 24.2 Å². The van der Waals surface area contributed by atoms with Gasteiger partial charge in [0.05, 0.1) is 13.7 Å². The summed E-state index contributed by atoms with van der Waals surface area (Å²) in [6.07, 6.45) is 5.18. The Bertz CT molecular complexity index is 1170. The lowest BCUT2D eigenvalue weighted by Gasteiger charge is -2.10. The molecule has 1 amide bonds. The Morgan fingerprint density at radius 2 is 1.87 bits per heavy atom. The van der Waals surface area contributed by atoms with Gasteiger partial charge >= 0.3 is 0 Å². The Morgan fingerprint density at radius 1 is 1.10 bits per heavy atom. The number of amides is 1. The highest BCUT2D eigenvalue weighted by Gasteiger charge is 2.14. The molecule has 0 aliphatic heterocycles. The second-order valence-corrected chi connectivity index (χ2v) is 6.75. The van der Waals surface area contributed by atoms with Gasteiger partial charge in [0.1, 0.15) is 18.0 Å². The van der Waals surface area contributed by atoms with Gasteiger partial charge in [0.15, 0.2) is 17.1 Å². The molecule has 0 radical (unpaired) electrons. The van der Waals surface area contributed by atoms with E-state index in [4.69, 9.17) is 9.47 Å². The molecule has 4 rings (SSSR count). The minimum atomic E-state index is -0.266. The van der Waals surface area contributed by atoms with Gasteiger partial charge in [-0.15, -0.1) is 0 Å². The molecule has 2 heterocycles. The largest absolute Gasteiger partial charge is 0.493 e. The molecule has 0 atom stereocenters. The molecule has 1 N–H and O–H groups in total. The summed E-state index contributed by atoms with van der Waals surface area (Å²) in [6.45, 7) is 2.69. The second kappa shape index (κ2) is 8.65. The molecular weight excluding hydrogens is 380 g/mol. The van der Waals surface area contributed by atoms with Crippen molar-refractivity contribution in [2.75, 3.05) is 20.3 Å². The molecule has 0 spiro atoms. The van der Waals surface area contributed by atoms with Gasteiger partial charge in [0.25, 0.3) is 5.91 Å². The number of carbonyl (C=O) groups excluding carboxylic acids is 1. The summed E-state index contributed by atoms with van der Waals surface area (Å²) in [7, 11) is 1.59. The maximum atomic E-state index is 12.6. The van der Waals surface area contributed by atoms with Gasteiger partial charge in [-0.2, -0.15) is 0 Å². The number of ether oxygens (including phenoxy) is 2. The van der Waals surface area contributed by atoms with E-state index >= 15 is 0 Å². The van der Waals surface area contributed by atoms with E-state index in [-0.39, 0.29) is 5.91 Å². The Labute approximate surface area is 174 Å². The zero-order chi connectivity index (χ0) is 20.9. The fraction of sp³-hybridized carbons (Fsp3) is 0.174. The predicted molar refractivity (Wildman–Crippen MR) is 114 cm³/mol. The third-order valence-corrected chi connectivity index (χ3v) is 4.65. The molecule has 0 aliphatic carbocycles. The van der Waals surface area contributed by atoms with E-state index in [0.717, 1.165) is 11.3 Å². The van der Waals surface area contributed by atoms with E-state index in [1.807, 2.05) is 59.9 Å². The van der Waals surface area contributed by atoms with Crippen LogP contribution in [0.25, 0.3) is 16.9 Å². The van der Waals surface area contributed by atoms with E-state index in [1.54, 1.807) is 25.7 Å². The Kier molecular flexibility index (Phi) is 5.61. The van der Waals surface area contributed by atoms with Gasteiger partial charge in [-0.3, -0.25) is 9.78 Å².